The summed E-state index contributed by atoms with van der Waals surface area (Å²) >= 11 is 0. The topological polar surface area (TPSA) is 64.4 Å². The molecule has 1 rings (SSSR count). The maximum Gasteiger partial charge on any atom is 0.325 e. The van der Waals surface area contributed by atoms with Crippen LogP contribution in [0.5, 0.6) is 0 Å². The van der Waals surface area contributed by atoms with Crippen LogP contribution in [0, 0.1) is 0 Å². The predicted octanol–water partition coefficient (Wildman–Crippen LogP) is 0.845. The van der Waals surface area contributed by atoms with Crippen molar-refractivity contribution in [3.63, 3.8) is 0 Å². The molecule has 0 bridgehead atoms. The fraction of sp³-hybridized carbons (Fsp3) is 0.462. The number of hydrogen-bond donors (Lipinski definition) is 0. The van der Waals surface area contributed by atoms with E-state index >= 15 is 0 Å². The SMILES string of the molecule is CCCN(CC(=O)OC)C(=O)C=Cc1ccnn1C. The van der Waals surface area contributed by atoms with Gasteiger partial charge in [0.05, 0.1) is 12.8 Å². The van der Waals surface area contributed by atoms with E-state index in [4.69, 9.17) is 0 Å². The maximum absolute atomic E-state index is 12.0. The number of esters is 1. The molecule has 0 spiro atoms. The summed E-state index contributed by atoms with van der Waals surface area (Å²) in [6.45, 7) is 2.44. The van der Waals surface area contributed by atoms with Crippen molar-refractivity contribution < 1.29 is 14.3 Å². The lowest BCUT2D eigenvalue weighted by molar-refractivity contribution is -0.145. The molecule has 6 heteroatoms. The van der Waals surface area contributed by atoms with Crippen molar-refractivity contribution in [3.05, 3.63) is 24.0 Å². The number of aromatic nitrogens is 2. The lowest BCUT2D eigenvalue weighted by Gasteiger charge is -2.18. The molecule has 0 aliphatic carbocycles. The molecular weight excluding hydrogens is 246 g/mol. The highest BCUT2D eigenvalue weighted by atomic mass is 16.5. The zero-order valence-electron chi connectivity index (χ0n) is 11.5. The molecule has 6 nitrogen and oxygen atoms in total. The number of carbonyl (C=O) groups excluding carboxylic acids is 2. The van der Waals surface area contributed by atoms with Crippen LogP contribution in [0.25, 0.3) is 6.08 Å². The predicted molar refractivity (Wildman–Crippen MR) is 71.1 cm³/mol. The summed E-state index contributed by atoms with van der Waals surface area (Å²) in [7, 11) is 3.10. The van der Waals surface area contributed by atoms with Crippen LogP contribution in [-0.2, 0) is 21.4 Å². The van der Waals surface area contributed by atoms with E-state index in [1.54, 1.807) is 30.1 Å². The molecule has 0 aromatic carbocycles. The van der Waals surface area contributed by atoms with Gasteiger partial charge in [0.15, 0.2) is 0 Å². The Labute approximate surface area is 112 Å². The third-order valence-electron chi connectivity index (χ3n) is 2.61. The van der Waals surface area contributed by atoms with Gasteiger partial charge >= 0.3 is 5.97 Å². The van der Waals surface area contributed by atoms with Gasteiger partial charge in [0.1, 0.15) is 6.54 Å². The van der Waals surface area contributed by atoms with Crippen molar-refractivity contribution in [2.75, 3.05) is 20.2 Å². The first-order chi connectivity index (χ1) is 9.08. The minimum atomic E-state index is -0.421. The van der Waals surface area contributed by atoms with Crippen LogP contribution in [0.2, 0.25) is 0 Å². The Morgan fingerprint density at radius 1 is 1.53 bits per heavy atom. The van der Waals surface area contributed by atoms with Crippen LogP contribution in [0.1, 0.15) is 19.0 Å². The highest BCUT2D eigenvalue weighted by Gasteiger charge is 2.14. The third-order valence-corrected chi connectivity index (χ3v) is 2.61. The molecule has 1 amide bonds. The van der Waals surface area contributed by atoms with E-state index in [2.05, 4.69) is 9.84 Å². The Morgan fingerprint density at radius 3 is 2.79 bits per heavy atom. The largest absolute Gasteiger partial charge is 0.468 e. The fourth-order valence-corrected chi connectivity index (χ4v) is 1.57. The summed E-state index contributed by atoms with van der Waals surface area (Å²) in [6, 6.07) is 1.80. The zero-order chi connectivity index (χ0) is 14.3. The minimum Gasteiger partial charge on any atom is -0.468 e. The van der Waals surface area contributed by atoms with Gasteiger partial charge < -0.3 is 9.64 Å². The van der Waals surface area contributed by atoms with Gasteiger partial charge in [0.2, 0.25) is 5.91 Å². The van der Waals surface area contributed by atoms with Crippen molar-refractivity contribution in [1.29, 1.82) is 0 Å². The van der Waals surface area contributed by atoms with Gasteiger partial charge in [-0.2, -0.15) is 5.10 Å². The summed E-state index contributed by atoms with van der Waals surface area (Å²) in [5, 5.41) is 4.00. The minimum absolute atomic E-state index is 0.0289. The Bertz CT molecular complexity index is 465. The van der Waals surface area contributed by atoms with Crippen molar-refractivity contribution in [2.24, 2.45) is 7.05 Å². The van der Waals surface area contributed by atoms with Gasteiger partial charge in [0.25, 0.3) is 0 Å². The molecule has 0 atom stereocenters. The molecule has 104 valence electrons. The van der Waals surface area contributed by atoms with Gasteiger partial charge in [0, 0.05) is 25.9 Å². The molecule has 0 saturated heterocycles. The van der Waals surface area contributed by atoms with Crippen molar-refractivity contribution in [3.8, 4) is 0 Å². The van der Waals surface area contributed by atoms with Crippen LogP contribution >= 0.6 is 0 Å². The number of hydrogen-bond acceptors (Lipinski definition) is 4. The smallest absolute Gasteiger partial charge is 0.325 e. The normalized spacial score (nSPS) is 10.7. The molecule has 1 aromatic heterocycles. The standard InChI is InChI=1S/C13H19N3O3/c1-4-9-16(10-13(18)19-3)12(17)6-5-11-7-8-14-15(11)2/h5-8H,4,9-10H2,1-3H3. The Kier molecular flexibility index (Phi) is 5.78. The summed E-state index contributed by atoms with van der Waals surface area (Å²) in [5.74, 6) is -0.635. The van der Waals surface area contributed by atoms with Crippen molar-refractivity contribution in [1.82, 2.24) is 14.7 Å². The molecule has 1 heterocycles. The average Bonchev–Trinajstić information content (AvgIpc) is 2.80. The van der Waals surface area contributed by atoms with E-state index in [0.29, 0.717) is 6.54 Å². The lowest BCUT2D eigenvalue weighted by atomic mass is 10.3. The van der Waals surface area contributed by atoms with Gasteiger partial charge in [-0.05, 0) is 18.6 Å². The molecular formula is C13H19N3O3. The number of amides is 1. The maximum atomic E-state index is 12.0. The van der Waals surface area contributed by atoms with Crippen LogP contribution in [0.4, 0.5) is 0 Å². The Hall–Kier alpha value is -2.11. The monoisotopic (exact) mass is 265 g/mol. The van der Waals surface area contributed by atoms with Gasteiger partial charge in [-0.15, -0.1) is 0 Å². The molecule has 0 aliphatic heterocycles. The van der Waals surface area contributed by atoms with Gasteiger partial charge in [-0.25, -0.2) is 0 Å². The van der Waals surface area contributed by atoms with E-state index in [1.807, 2.05) is 6.92 Å². The summed E-state index contributed by atoms with van der Waals surface area (Å²) in [4.78, 5) is 24.7. The molecule has 0 unspecified atom stereocenters. The summed E-state index contributed by atoms with van der Waals surface area (Å²) in [5.41, 5.74) is 0.822. The number of carbonyl (C=O) groups is 2. The second kappa shape index (κ2) is 7.35. The van der Waals surface area contributed by atoms with Crippen LogP contribution in [0.3, 0.4) is 0 Å². The number of ether oxygens (including phenoxy) is 1. The quantitative estimate of drug-likeness (QED) is 0.565. The van der Waals surface area contributed by atoms with E-state index < -0.39 is 5.97 Å². The number of rotatable bonds is 6. The van der Waals surface area contributed by atoms with E-state index in [-0.39, 0.29) is 12.5 Å². The van der Waals surface area contributed by atoms with Crippen LogP contribution in [-0.4, -0.2) is 46.8 Å². The fourth-order valence-electron chi connectivity index (χ4n) is 1.57. The van der Waals surface area contributed by atoms with Crippen LogP contribution < -0.4 is 0 Å². The highest BCUT2D eigenvalue weighted by Crippen LogP contribution is 2.02. The molecule has 0 fully saturated rings. The van der Waals surface area contributed by atoms with Crippen molar-refractivity contribution >= 4 is 18.0 Å². The van der Waals surface area contributed by atoms with Crippen molar-refractivity contribution in [2.45, 2.75) is 13.3 Å². The number of methoxy groups -OCH3 is 1. The molecule has 0 aliphatic rings. The number of nitrogens with zero attached hydrogens (tertiary/aromatic N) is 3. The first-order valence-electron chi connectivity index (χ1n) is 6.10. The van der Waals surface area contributed by atoms with Gasteiger partial charge in [-0.3, -0.25) is 14.3 Å². The van der Waals surface area contributed by atoms with E-state index in [9.17, 15) is 9.59 Å². The lowest BCUT2D eigenvalue weighted by Crippen LogP contribution is -2.35. The zero-order valence-corrected chi connectivity index (χ0v) is 11.5. The van der Waals surface area contributed by atoms with E-state index in [1.165, 1.54) is 18.1 Å². The second-order valence-electron chi connectivity index (χ2n) is 4.05. The first kappa shape index (κ1) is 14.9. The third kappa shape index (κ3) is 4.57. The molecule has 19 heavy (non-hydrogen) atoms. The summed E-state index contributed by atoms with van der Waals surface area (Å²) < 4.78 is 6.24. The van der Waals surface area contributed by atoms with E-state index in [0.717, 1.165) is 12.1 Å². The molecule has 0 N–H and O–H groups in total. The second-order valence-corrected chi connectivity index (χ2v) is 4.05. The Balaban J connectivity index is 2.69. The van der Waals surface area contributed by atoms with Gasteiger partial charge in [-0.1, -0.05) is 6.92 Å². The molecule has 0 radical (unpaired) electrons. The average molecular weight is 265 g/mol. The molecule has 0 saturated carbocycles. The first-order valence-corrected chi connectivity index (χ1v) is 6.10. The summed E-state index contributed by atoms with van der Waals surface area (Å²) in [6.07, 6.45) is 5.55. The van der Waals surface area contributed by atoms with Crippen LogP contribution in [0.15, 0.2) is 18.3 Å². The highest BCUT2D eigenvalue weighted by molar-refractivity contribution is 5.93. The molecule has 1 aromatic rings. The number of aryl methyl sites for hydroxylation is 1. The Morgan fingerprint density at radius 2 is 2.26 bits per heavy atom.